The number of aliphatic hydroxyl groups excluding tert-OH is 1. The lowest BCUT2D eigenvalue weighted by molar-refractivity contribution is 0.186. The fraction of sp³-hybridized carbons (Fsp3) is 0.250. The van der Waals surface area contributed by atoms with Crippen molar-refractivity contribution in [2.75, 3.05) is 6.54 Å². The van der Waals surface area contributed by atoms with Crippen LogP contribution in [0.4, 0.5) is 4.39 Å². The smallest absolute Gasteiger partial charge is 0.148 e. The predicted octanol–water partition coefficient (Wildman–Crippen LogP) is 1.31. The summed E-state index contributed by atoms with van der Waals surface area (Å²) in [5.74, 6) is -0.354. The van der Waals surface area contributed by atoms with E-state index in [2.05, 4.69) is 5.10 Å². The molecule has 0 saturated carbocycles. The number of nitrogens with zero attached hydrogens (tertiary/aromatic N) is 2. The molecule has 3 N–H and O–H groups in total. The number of para-hydroxylation sites is 1. The van der Waals surface area contributed by atoms with Crippen LogP contribution in [0.25, 0.3) is 5.69 Å². The Bertz CT molecular complexity index is 524. The van der Waals surface area contributed by atoms with Gasteiger partial charge in [-0.05, 0) is 19.1 Å². The van der Waals surface area contributed by atoms with Gasteiger partial charge in [-0.25, -0.2) is 9.07 Å². The molecule has 1 unspecified atom stereocenters. The third-order valence-corrected chi connectivity index (χ3v) is 2.71. The van der Waals surface area contributed by atoms with E-state index in [1.165, 1.54) is 16.9 Å². The Balaban J connectivity index is 2.48. The van der Waals surface area contributed by atoms with E-state index in [0.717, 1.165) is 0 Å². The summed E-state index contributed by atoms with van der Waals surface area (Å²) in [6.07, 6.45) is 0.745. The Morgan fingerprint density at radius 3 is 2.82 bits per heavy atom. The molecule has 0 spiro atoms. The van der Waals surface area contributed by atoms with Gasteiger partial charge in [0.05, 0.1) is 12.3 Å². The molecule has 2 aromatic rings. The Labute approximate surface area is 98.5 Å². The van der Waals surface area contributed by atoms with Crippen molar-refractivity contribution in [2.45, 2.75) is 13.0 Å². The summed E-state index contributed by atoms with van der Waals surface area (Å²) in [4.78, 5) is 0. The Morgan fingerprint density at radius 1 is 1.47 bits per heavy atom. The molecule has 0 aliphatic rings. The van der Waals surface area contributed by atoms with Crippen LogP contribution in [0.15, 0.2) is 30.5 Å². The van der Waals surface area contributed by atoms with Gasteiger partial charge in [0.1, 0.15) is 11.5 Å². The van der Waals surface area contributed by atoms with Crippen LogP contribution in [-0.2, 0) is 0 Å². The summed E-state index contributed by atoms with van der Waals surface area (Å²) in [7, 11) is 0. The second-order valence-corrected chi connectivity index (χ2v) is 3.80. The molecule has 5 heteroatoms. The molecule has 1 aromatic heterocycles. The van der Waals surface area contributed by atoms with Gasteiger partial charge in [0.2, 0.25) is 0 Å². The van der Waals surface area contributed by atoms with Crippen LogP contribution in [0.5, 0.6) is 0 Å². The molecule has 2 rings (SSSR count). The van der Waals surface area contributed by atoms with Gasteiger partial charge >= 0.3 is 0 Å². The fourth-order valence-corrected chi connectivity index (χ4v) is 1.74. The van der Waals surface area contributed by atoms with E-state index in [0.29, 0.717) is 16.9 Å². The zero-order chi connectivity index (χ0) is 12.4. The van der Waals surface area contributed by atoms with Crippen LogP contribution >= 0.6 is 0 Å². The first-order chi connectivity index (χ1) is 8.15. The standard InChI is InChI=1S/C12H14FN3O/c1-8-9(12(17)6-14)7-15-16(8)11-5-3-2-4-10(11)13/h2-5,7,12,17H,6,14H2,1H3. The van der Waals surface area contributed by atoms with Gasteiger partial charge in [0.25, 0.3) is 0 Å². The summed E-state index contributed by atoms with van der Waals surface area (Å²) < 4.78 is 15.1. The van der Waals surface area contributed by atoms with Gasteiger partial charge in [-0.15, -0.1) is 0 Å². The normalized spacial score (nSPS) is 12.7. The highest BCUT2D eigenvalue weighted by atomic mass is 19.1. The highest BCUT2D eigenvalue weighted by Crippen LogP contribution is 2.20. The zero-order valence-electron chi connectivity index (χ0n) is 9.47. The lowest BCUT2D eigenvalue weighted by Crippen LogP contribution is -2.12. The second kappa shape index (κ2) is 4.65. The van der Waals surface area contributed by atoms with E-state index < -0.39 is 6.10 Å². The number of benzene rings is 1. The molecule has 17 heavy (non-hydrogen) atoms. The molecule has 1 atom stereocenters. The third-order valence-electron chi connectivity index (χ3n) is 2.71. The molecule has 0 radical (unpaired) electrons. The van der Waals surface area contributed by atoms with Gasteiger partial charge in [-0.2, -0.15) is 5.10 Å². The average Bonchev–Trinajstić information content (AvgIpc) is 2.71. The second-order valence-electron chi connectivity index (χ2n) is 3.80. The monoisotopic (exact) mass is 235 g/mol. The topological polar surface area (TPSA) is 64.1 Å². The van der Waals surface area contributed by atoms with E-state index in [1.54, 1.807) is 25.1 Å². The average molecular weight is 235 g/mol. The number of hydrogen-bond acceptors (Lipinski definition) is 3. The van der Waals surface area contributed by atoms with Crippen molar-refractivity contribution in [1.29, 1.82) is 0 Å². The van der Waals surface area contributed by atoms with Crippen molar-refractivity contribution in [1.82, 2.24) is 9.78 Å². The van der Waals surface area contributed by atoms with Crippen molar-refractivity contribution < 1.29 is 9.50 Å². The molecule has 1 aromatic carbocycles. The van der Waals surface area contributed by atoms with Crippen LogP contribution in [0, 0.1) is 12.7 Å². The van der Waals surface area contributed by atoms with Crippen molar-refractivity contribution in [3.63, 3.8) is 0 Å². The molecule has 0 aliphatic carbocycles. The lowest BCUT2D eigenvalue weighted by atomic mass is 10.1. The van der Waals surface area contributed by atoms with Gasteiger partial charge < -0.3 is 10.8 Å². The van der Waals surface area contributed by atoms with E-state index in [4.69, 9.17) is 5.73 Å². The zero-order valence-corrected chi connectivity index (χ0v) is 9.47. The molecule has 0 aliphatic heterocycles. The number of nitrogens with two attached hydrogens (primary N) is 1. The molecule has 0 saturated heterocycles. The highest BCUT2D eigenvalue weighted by molar-refractivity contribution is 5.36. The molecule has 1 heterocycles. The molecular weight excluding hydrogens is 221 g/mol. The molecular formula is C12H14FN3O. The summed E-state index contributed by atoms with van der Waals surface area (Å²) in [5.41, 5.74) is 7.06. The number of halogens is 1. The quantitative estimate of drug-likeness (QED) is 0.843. The molecule has 4 nitrogen and oxygen atoms in total. The lowest BCUT2D eigenvalue weighted by Gasteiger charge is -2.09. The van der Waals surface area contributed by atoms with Gasteiger partial charge in [-0.3, -0.25) is 0 Å². The third kappa shape index (κ3) is 2.07. The van der Waals surface area contributed by atoms with E-state index >= 15 is 0 Å². The Morgan fingerprint density at radius 2 is 2.18 bits per heavy atom. The molecule has 0 bridgehead atoms. The van der Waals surface area contributed by atoms with Crippen LogP contribution < -0.4 is 5.73 Å². The Hall–Kier alpha value is -1.72. The maximum Gasteiger partial charge on any atom is 0.148 e. The summed E-state index contributed by atoms with van der Waals surface area (Å²) >= 11 is 0. The van der Waals surface area contributed by atoms with Crippen LogP contribution in [0.3, 0.4) is 0 Å². The minimum absolute atomic E-state index is 0.115. The maximum atomic E-state index is 13.6. The number of aromatic nitrogens is 2. The molecule has 90 valence electrons. The summed E-state index contributed by atoms with van der Waals surface area (Å²) in [6.45, 7) is 1.89. The van der Waals surface area contributed by atoms with Crippen LogP contribution in [0.1, 0.15) is 17.4 Å². The minimum Gasteiger partial charge on any atom is -0.387 e. The minimum atomic E-state index is -0.768. The van der Waals surface area contributed by atoms with Gasteiger partial charge in [0, 0.05) is 17.8 Å². The first-order valence-corrected chi connectivity index (χ1v) is 5.32. The van der Waals surface area contributed by atoms with Crippen molar-refractivity contribution in [3.8, 4) is 5.69 Å². The van der Waals surface area contributed by atoms with Crippen LogP contribution in [0.2, 0.25) is 0 Å². The first kappa shape index (κ1) is 11.8. The predicted molar refractivity (Wildman–Crippen MR) is 62.3 cm³/mol. The largest absolute Gasteiger partial charge is 0.387 e. The van der Waals surface area contributed by atoms with Crippen molar-refractivity contribution in [3.05, 3.63) is 47.5 Å². The number of rotatable bonds is 3. The van der Waals surface area contributed by atoms with Crippen LogP contribution in [-0.4, -0.2) is 21.4 Å². The first-order valence-electron chi connectivity index (χ1n) is 5.32. The van der Waals surface area contributed by atoms with Crippen molar-refractivity contribution in [2.24, 2.45) is 5.73 Å². The highest BCUT2D eigenvalue weighted by Gasteiger charge is 2.15. The van der Waals surface area contributed by atoms with Crippen molar-refractivity contribution >= 4 is 0 Å². The van der Waals surface area contributed by atoms with E-state index in [9.17, 15) is 9.50 Å². The Kier molecular flexibility index (Phi) is 3.21. The number of aliphatic hydroxyl groups is 1. The van der Waals surface area contributed by atoms with E-state index in [-0.39, 0.29) is 12.4 Å². The van der Waals surface area contributed by atoms with Gasteiger partial charge in [0.15, 0.2) is 0 Å². The maximum absolute atomic E-state index is 13.6. The van der Waals surface area contributed by atoms with Gasteiger partial charge in [-0.1, -0.05) is 12.1 Å². The SMILES string of the molecule is Cc1c(C(O)CN)cnn1-c1ccccc1F. The number of hydrogen-bond donors (Lipinski definition) is 2. The fourth-order valence-electron chi connectivity index (χ4n) is 1.74. The van der Waals surface area contributed by atoms with E-state index in [1.807, 2.05) is 0 Å². The summed E-state index contributed by atoms with van der Waals surface area (Å²) in [5, 5.41) is 13.7. The molecule has 0 amide bonds. The summed E-state index contributed by atoms with van der Waals surface area (Å²) in [6, 6.07) is 6.36. The molecule has 0 fully saturated rings.